The lowest BCUT2D eigenvalue weighted by molar-refractivity contribution is -0.146. The van der Waals surface area contributed by atoms with Crippen molar-refractivity contribution >= 4 is 11.9 Å². The van der Waals surface area contributed by atoms with Gasteiger partial charge in [-0.15, -0.1) is 0 Å². The van der Waals surface area contributed by atoms with E-state index < -0.39 is 5.97 Å². The number of carbonyl (C=O) groups excluding carboxylic acids is 1. The molecule has 2 unspecified atom stereocenters. The number of hydrogen-bond acceptors (Lipinski definition) is 3. The van der Waals surface area contributed by atoms with E-state index >= 15 is 0 Å². The molecule has 0 radical (unpaired) electrons. The second kappa shape index (κ2) is 8.25. The van der Waals surface area contributed by atoms with E-state index in [2.05, 4.69) is 0 Å². The van der Waals surface area contributed by atoms with Crippen molar-refractivity contribution in [1.82, 2.24) is 9.80 Å². The number of carboxylic acids is 1. The lowest BCUT2D eigenvalue weighted by Gasteiger charge is -2.37. The summed E-state index contributed by atoms with van der Waals surface area (Å²) < 4.78 is 0. The standard InChI is InChI=1S/C15H28N2O3/c1-4-16(5-2)13(18)9-7-11-17-10-6-8-12(3)14(17)15(19)20/h12,14H,4-11H2,1-3H3,(H,19,20). The van der Waals surface area contributed by atoms with Crippen molar-refractivity contribution in [2.24, 2.45) is 5.92 Å². The minimum absolute atomic E-state index is 0.173. The predicted octanol–water partition coefficient (Wildman–Crippen LogP) is 1.82. The van der Waals surface area contributed by atoms with Crippen LogP contribution >= 0.6 is 0 Å². The molecule has 1 amide bonds. The molecule has 1 N–H and O–H groups in total. The average molecular weight is 284 g/mol. The summed E-state index contributed by atoms with van der Waals surface area (Å²) in [5, 5.41) is 9.34. The highest BCUT2D eigenvalue weighted by molar-refractivity contribution is 5.76. The van der Waals surface area contributed by atoms with Gasteiger partial charge in [0, 0.05) is 19.5 Å². The van der Waals surface area contributed by atoms with Crippen molar-refractivity contribution in [3.63, 3.8) is 0 Å². The maximum atomic E-state index is 11.9. The minimum atomic E-state index is -0.729. The van der Waals surface area contributed by atoms with Crippen molar-refractivity contribution in [1.29, 1.82) is 0 Å². The lowest BCUT2D eigenvalue weighted by Crippen LogP contribution is -2.49. The highest BCUT2D eigenvalue weighted by Crippen LogP contribution is 2.23. The summed E-state index contributed by atoms with van der Waals surface area (Å²) >= 11 is 0. The van der Waals surface area contributed by atoms with Crippen molar-refractivity contribution in [2.45, 2.75) is 52.5 Å². The Morgan fingerprint density at radius 1 is 1.30 bits per heavy atom. The molecule has 1 heterocycles. The van der Waals surface area contributed by atoms with Gasteiger partial charge in [0.25, 0.3) is 0 Å². The second-order valence-electron chi connectivity index (χ2n) is 5.61. The van der Waals surface area contributed by atoms with Gasteiger partial charge in [0.1, 0.15) is 6.04 Å². The van der Waals surface area contributed by atoms with Gasteiger partial charge >= 0.3 is 5.97 Å². The van der Waals surface area contributed by atoms with Gasteiger partial charge in [-0.3, -0.25) is 14.5 Å². The summed E-state index contributed by atoms with van der Waals surface area (Å²) in [5.41, 5.74) is 0. The molecule has 0 aromatic rings. The first-order chi connectivity index (χ1) is 9.51. The number of carbonyl (C=O) groups is 2. The molecular weight excluding hydrogens is 256 g/mol. The third-order valence-corrected chi connectivity index (χ3v) is 4.24. The molecule has 0 aromatic carbocycles. The van der Waals surface area contributed by atoms with E-state index in [1.807, 2.05) is 30.6 Å². The quantitative estimate of drug-likeness (QED) is 0.774. The van der Waals surface area contributed by atoms with Crippen LogP contribution in [-0.2, 0) is 9.59 Å². The molecule has 1 rings (SSSR count). The zero-order chi connectivity index (χ0) is 15.1. The molecule has 0 spiro atoms. The van der Waals surface area contributed by atoms with Gasteiger partial charge < -0.3 is 10.0 Å². The van der Waals surface area contributed by atoms with Crippen LogP contribution in [0.25, 0.3) is 0 Å². The molecule has 5 nitrogen and oxygen atoms in total. The molecule has 0 aromatic heterocycles. The molecule has 116 valence electrons. The van der Waals surface area contributed by atoms with Gasteiger partial charge in [0.15, 0.2) is 0 Å². The highest BCUT2D eigenvalue weighted by Gasteiger charge is 2.33. The summed E-state index contributed by atoms with van der Waals surface area (Å²) in [6.45, 7) is 8.99. The van der Waals surface area contributed by atoms with Crippen molar-refractivity contribution in [3.8, 4) is 0 Å². The van der Waals surface area contributed by atoms with Crippen LogP contribution in [0.1, 0.15) is 46.5 Å². The Bertz CT molecular complexity index is 329. The molecule has 0 saturated carbocycles. The zero-order valence-corrected chi connectivity index (χ0v) is 13.0. The Hall–Kier alpha value is -1.10. The number of rotatable bonds is 7. The number of likely N-dealkylation sites (tertiary alicyclic amines) is 1. The van der Waals surface area contributed by atoms with Crippen molar-refractivity contribution in [2.75, 3.05) is 26.2 Å². The molecular formula is C15H28N2O3. The Kier molecular flexibility index (Phi) is 6.99. The first kappa shape index (κ1) is 17.0. The third-order valence-electron chi connectivity index (χ3n) is 4.24. The maximum absolute atomic E-state index is 11.9. The fourth-order valence-corrected chi connectivity index (χ4v) is 3.09. The number of aliphatic carboxylic acids is 1. The molecule has 20 heavy (non-hydrogen) atoms. The maximum Gasteiger partial charge on any atom is 0.321 e. The first-order valence-corrected chi connectivity index (χ1v) is 7.75. The summed E-state index contributed by atoms with van der Waals surface area (Å²) in [6.07, 6.45) is 3.28. The lowest BCUT2D eigenvalue weighted by atomic mass is 9.90. The molecule has 5 heteroatoms. The number of hydrogen-bond donors (Lipinski definition) is 1. The van der Waals surface area contributed by atoms with Crippen LogP contribution in [0.5, 0.6) is 0 Å². The van der Waals surface area contributed by atoms with E-state index in [9.17, 15) is 14.7 Å². The van der Waals surface area contributed by atoms with E-state index in [1.54, 1.807) is 0 Å². The van der Waals surface area contributed by atoms with E-state index in [0.29, 0.717) is 13.0 Å². The van der Waals surface area contributed by atoms with E-state index in [-0.39, 0.29) is 17.9 Å². The van der Waals surface area contributed by atoms with Crippen molar-refractivity contribution in [3.05, 3.63) is 0 Å². The van der Waals surface area contributed by atoms with Crippen molar-refractivity contribution < 1.29 is 14.7 Å². The fourth-order valence-electron chi connectivity index (χ4n) is 3.09. The normalized spacial score (nSPS) is 23.6. The molecule has 0 bridgehead atoms. The zero-order valence-electron chi connectivity index (χ0n) is 13.0. The SMILES string of the molecule is CCN(CC)C(=O)CCCN1CCCC(C)C1C(=O)O. The molecule has 0 aliphatic carbocycles. The first-order valence-electron chi connectivity index (χ1n) is 7.75. The van der Waals surface area contributed by atoms with Gasteiger partial charge in [-0.2, -0.15) is 0 Å². The van der Waals surface area contributed by atoms with Gasteiger partial charge in [-0.1, -0.05) is 6.92 Å². The number of piperidine rings is 1. The topological polar surface area (TPSA) is 60.9 Å². The van der Waals surface area contributed by atoms with Crippen LogP contribution < -0.4 is 0 Å². The van der Waals surface area contributed by atoms with E-state index in [4.69, 9.17) is 0 Å². The van der Waals surface area contributed by atoms with Crippen LogP contribution in [0, 0.1) is 5.92 Å². The van der Waals surface area contributed by atoms with Crippen LogP contribution in [0.4, 0.5) is 0 Å². The van der Waals surface area contributed by atoms with Crippen LogP contribution in [0.15, 0.2) is 0 Å². The number of carboxylic acid groups (broad SMARTS) is 1. The van der Waals surface area contributed by atoms with E-state index in [0.717, 1.165) is 38.9 Å². The average Bonchev–Trinajstić information content (AvgIpc) is 2.39. The van der Waals surface area contributed by atoms with Crippen LogP contribution in [0.2, 0.25) is 0 Å². The number of amides is 1. The van der Waals surface area contributed by atoms with Gasteiger partial charge in [0.05, 0.1) is 0 Å². The molecule has 1 aliphatic rings. The minimum Gasteiger partial charge on any atom is -0.480 e. The Balaban J connectivity index is 2.43. The van der Waals surface area contributed by atoms with Crippen LogP contribution in [0.3, 0.4) is 0 Å². The Morgan fingerprint density at radius 3 is 2.50 bits per heavy atom. The molecule has 1 saturated heterocycles. The highest BCUT2D eigenvalue weighted by atomic mass is 16.4. The summed E-state index contributed by atoms with van der Waals surface area (Å²) in [7, 11) is 0. The second-order valence-corrected chi connectivity index (χ2v) is 5.61. The largest absolute Gasteiger partial charge is 0.480 e. The monoisotopic (exact) mass is 284 g/mol. The molecule has 1 fully saturated rings. The number of nitrogens with zero attached hydrogens (tertiary/aromatic N) is 2. The van der Waals surface area contributed by atoms with E-state index in [1.165, 1.54) is 0 Å². The van der Waals surface area contributed by atoms with Gasteiger partial charge in [-0.25, -0.2) is 0 Å². The fraction of sp³-hybridized carbons (Fsp3) is 0.867. The summed E-state index contributed by atoms with van der Waals surface area (Å²) in [6, 6.07) is -0.382. The molecule has 1 aliphatic heterocycles. The Labute approximate surface area is 121 Å². The molecule has 2 atom stereocenters. The third kappa shape index (κ3) is 4.47. The van der Waals surface area contributed by atoms with Gasteiger partial charge in [0.2, 0.25) is 5.91 Å². The Morgan fingerprint density at radius 2 is 1.95 bits per heavy atom. The van der Waals surface area contributed by atoms with Crippen LogP contribution in [-0.4, -0.2) is 59.0 Å². The smallest absolute Gasteiger partial charge is 0.321 e. The van der Waals surface area contributed by atoms with Gasteiger partial charge in [-0.05, 0) is 52.1 Å². The predicted molar refractivity (Wildman–Crippen MR) is 78.6 cm³/mol. The summed E-state index contributed by atoms with van der Waals surface area (Å²) in [5.74, 6) is -0.362. The summed E-state index contributed by atoms with van der Waals surface area (Å²) in [4.78, 5) is 27.1.